The summed E-state index contributed by atoms with van der Waals surface area (Å²) < 4.78 is 39.2. The molecule has 2 saturated heterocycles. The molecule has 1 amide bonds. The highest BCUT2D eigenvalue weighted by atomic mass is 32.2. The van der Waals surface area contributed by atoms with E-state index in [1.807, 2.05) is 22.8 Å². The fourth-order valence-electron chi connectivity index (χ4n) is 4.10. The Labute approximate surface area is 175 Å². The van der Waals surface area contributed by atoms with Crippen LogP contribution in [-0.2, 0) is 14.6 Å². The maximum absolute atomic E-state index is 14.0. The molecule has 0 radical (unpaired) electrons. The molecule has 1 aromatic heterocycles. The number of nitrogens with zero attached hydrogens (tertiary/aromatic N) is 4. The van der Waals surface area contributed by atoms with Crippen LogP contribution < -0.4 is 10.2 Å². The van der Waals surface area contributed by atoms with E-state index in [2.05, 4.69) is 10.4 Å². The van der Waals surface area contributed by atoms with Crippen LogP contribution in [0.2, 0.25) is 0 Å². The number of nitrogens with one attached hydrogen (secondary N) is 1. The Kier molecular flexibility index (Phi) is 5.79. The minimum atomic E-state index is -3.05. The van der Waals surface area contributed by atoms with Gasteiger partial charge in [0.25, 0.3) is 0 Å². The molecule has 0 spiro atoms. The van der Waals surface area contributed by atoms with E-state index < -0.39 is 9.84 Å². The van der Waals surface area contributed by atoms with Crippen molar-refractivity contribution in [2.75, 3.05) is 54.4 Å². The molecule has 1 N–H and O–H groups in total. The molecule has 2 aliphatic rings. The number of anilines is 2. The number of sulfone groups is 1. The summed E-state index contributed by atoms with van der Waals surface area (Å²) in [7, 11) is -3.05. The van der Waals surface area contributed by atoms with Crippen molar-refractivity contribution in [1.82, 2.24) is 14.7 Å². The third-order valence-electron chi connectivity index (χ3n) is 5.61. The zero-order valence-corrected chi connectivity index (χ0v) is 17.7. The van der Waals surface area contributed by atoms with Crippen molar-refractivity contribution >= 4 is 27.2 Å². The van der Waals surface area contributed by atoms with Gasteiger partial charge in [0, 0.05) is 32.2 Å². The molecule has 2 aromatic rings. The highest BCUT2D eigenvalue weighted by molar-refractivity contribution is 7.91. The summed E-state index contributed by atoms with van der Waals surface area (Å²) in [6.07, 6.45) is 0.504. The summed E-state index contributed by atoms with van der Waals surface area (Å²) in [5.74, 6) is 0.327. The number of halogens is 1. The van der Waals surface area contributed by atoms with Gasteiger partial charge < -0.3 is 10.2 Å². The smallest absolute Gasteiger partial charge is 0.239 e. The third kappa shape index (κ3) is 4.65. The van der Waals surface area contributed by atoms with Gasteiger partial charge in [-0.25, -0.2) is 17.5 Å². The largest absolute Gasteiger partial charge is 0.367 e. The van der Waals surface area contributed by atoms with Crippen LogP contribution in [-0.4, -0.2) is 73.2 Å². The number of amides is 1. The lowest BCUT2D eigenvalue weighted by Gasteiger charge is -2.35. The highest BCUT2D eigenvalue weighted by Crippen LogP contribution is 2.27. The summed E-state index contributed by atoms with van der Waals surface area (Å²) in [6, 6.07) is 8.23. The van der Waals surface area contributed by atoms with Crippen molar-refractivity contribution in [3.8, 4) is 0 Å². The molecular weight excluding hydrogens is 409 g/mol. The van der Waals surface area contributed by atoms with Crippen molar-refractivity contribution in [2.24, 2.45) is 0 Å². The van der Waals surface area contributed by atoms with Crippen LogP contribution in [0.1, 0.15) is 18.2 Å². The maximum Gasteiger partial charge on any atom is 0.239 e. The van der Waals surface area contributed by atoms with E-state index >= 15 is 0 Å². The van der Waals surface area contributed by atoms with Gasteiger partial charge in [-0.3, -0.25) is 9.69 Å². The van der Waals surface area contributed by atoms with Crippen LogP contribution in [0.15, 0.2) is 30.3 Å². The summed E-state index contributed by atoms with van der Waals surface area (Å²) >= 11 is 0. The van der Waals surface area contributed by atoms with E-state index in [-0.39, 0.29) is 35.8 Å². The van der Waals surface area contributed by atoms with Crippen LogP contribution in [0.4, 0.5) is 15.9 Å². The number of hydrogen-bond donors (Lipinski definition) is 1. The number of benzene rings is 1. The second-order valence-corrected chi connectivity index (χ2v) is 10.2. The van der Waals surface area contributed by atoms with Gasteiger partial charge in [0.05, 0.1) is 35.5 Å². The molecule has 0 bridgehead atoms. The van der Waals surface area contributed by atoms with Gasteiger partial charge in [-0.05, 0) is 25.5 Å². The lowest BCUT2D eigenvalue weighted by Crippen LogP contribution is -2.49. The first-order valence-corrected chi connectivity index (χ1v) is 11.9. The zero-order chi connectivity index (χ0) is 21.3. The molecule has 0 aliphatic carbocycles. The second-order valence-electron chi connectivity index (χ2n) is 7.94. The van der Waals surface area contributed by atoms with Gasteiger partial charge in [0.2, 0.25) is 5.91 Å². The van der Waals surface area contributed by atoms with Gasteiger partial charge in [-0.15, -0.1) is 0 Å². The summed E-state index contributed by atoms with van der Waals surface area (Å²) in [4.78, 5) is 16.6. The fourth-order valence-corrected chi connectivity index (χ4v) is 5.79. The predicted octanol–water partition coefficient (Wildman–Crippen LogP) is 1.45. The van der Waals surface area contributed by atoms with Crippen LogP contribution >= 0.6 is 0 Å². The number of para-hydroxylation sites is 1. The quantitative estimate of drug-likeness (QED) is 0.765. The van der Waals surface area contributed by atoms with Crippen LogP contribution in [0.3, 0.4) is 0 Å². The molecule has 30 heavy (non-hydrogen) atoms. The number of carbonyl (C=O) groups excluding carboxylic acids is 1. The zero-order valence-electron chi connectivity index (χ0n) is 16.9. The minimum absolute atomic E-state index is 0.0506. The standard InChI is InChI=1S/C20H26FN5O3S/c1-15-12-19(26(23-15)16-6-11-30(28,29)14-16)22-20(27)13-24-7-9-25(10-8-24)18-5-3-2-4-17(18)21/h2-5,12,16H,6-11,13-14H2,1H3,(H,22,27). The van der Waals surface area contributed by atoms with E-state index in [0.717, 1.165) is 5.69 Å². The SMILES string of the molecule is Cc1cc(NC(=O)CN2CCN(c3ccccc3F)CC2)n(C2CCS(=O)(=O)C2)n1. The highest BCUT2D eigenvalue weighted by Gasteiger charge is 2.31. The first kappa shape index (κ1) is 20.8. The maximum atomic E-state index is 14.0. The van der Waals surface area contributed by atoms with Crippen LogP contribution in [0.5, 0.6) is 0 Å². The fraction of sp³-hybridized carbons (Fsp3) is 0.500. The number of aryl methyl sites for hydroxylation is 1. The summed E-state index contributed by atoms with van der Waals surface area (Å²) in [5, 5.41) is 7.28. The summed E-state index contributed by atoms with van der Waals surface area (Å²) in [6.45, 7) is 4.63. The average molecular weight is 436 g/mol. The van der Waals surface area contributed by atoms with Gasteiger partial charge in [-0.1, -0.05) is 12.1 Å². The number of hydrogen-bond acceptors (Lipinski definition) is 6. The molecule has 2 fully saturated rings. The van der Waals surface area contributed by atoms with Gasteiger partial charge in [0.15, 0.2) is 9.84 Å². The van der Waals surface area contributed by atoms with Crippen molar-refractivity contribution in [3.63, 3.8) is 0 Å². The predicted molar refractivity (Wildman–Crippen MR) is 113 cm³/mol. The molecule has 3 heterocycles. The Morgan fingerprint density at radius 2 is 1.97 bits per heavy atom. The first-order valence-electron chi connectivity index (χ1n) is 10.1. The van der Waals surface area contributed by atoms with E-state index in [4.69, 9.17) is 0 Å². The Bertz CT molecular complexity index is 1030. The van der Waals surface area contributed by atoms with Crippen molar-refractivity contribution in [3.05, 3.63) is 41.8 Å². The number of rotatable bonds is 5. The Hall–Kier alpha value is -2.46. The van der Waals surface area contributed by atoms with Gasteiger partial charge in [-0.2, -0.15) is 5.10 Å². The lowest BCUT2D eigenvalue weighted by molar-refractivity contribution is -0.117. The molecule has 10 heteroatoms. The molecule has 8 nitrogen and oxygen atoms in total. The third-order valence-corrected chi connectivity index (χ3v) is 7.36. The van der Waals surface area contributed by atoms with Gasteiger partial charge in [0.1, 0.15) is 11.6 Å². The van der Waals surface area contributed by atoms with Crippen molar-refractivity contribution in [2.45, 2.75) is 19.4 Å². The molecule has 1 atom stereocenters. The first-order chi connectivity index (χ1) is 14.3. The molecule has 1 unspecified atom stereocenters. The Morgan fingerprint density at radius 3 is 2.63 bits per heavy atom. The van der Waals surface area contributed by atoms with E-state index in [9.17, 15) is 17.6 Å². The topological polar surface area (TPSA) is 87.5 Å². The van der Waals surface area contributed by atoms with Crippen molar-refractivity contribution < 1.29 is 17.6 Å². The van der Waals surface area contributed by atoms with Gasteiger partial charge >= 0.3 is 0 Å². The lowest BCUT2D eigenvalue weighted by atomic mass is 10.2. The van der Waals surface area contributed by atoms with Crippen LogP contribution in [0, 0.1) is 12.7 Å². The Morgan fingerprint density at radius 1 is 1.23 bits per heavy atom. The minimum Gasteiger partial charge on any atom is -0.367 e. The number of aromatic nitrogens is 2. The van der Waals surface area contributed by atoms with Crippen molar-refractivity contribution in [1.29, 1.82) is 0 Å². The average Bonchev–Trinajstić information content (AvgIpc) is 3.24. The molecule has 0 saturated carbocycles. The second kappa shape index (κ2) is 8.35. The molecule has 2 aliphatic heterocycles. The number of piperazine rings is 1. The normalized spacial score (nSPS) is 21.7. The molecular formula is C20H26FN5O3S. The van der Waals surface area contributed by atoms with E-state index in [1.54, 1.807) is 22.9 Å². The monoisotopic (exact) mass is 435 g/mol. The summed E-state index contributed by atoms with van der Waals surface area (Å²) in [5.41, 5.74) is 1.32. The van der Waals surface area contributed by atoms with Crippen LogP contribution in [0.25, 0.3) is 0 Å². The Balaban J connectivity index is 1.33. The molecule has 162 valence electrons. The molecule has 1 aromatic carbocycles. The number of carbonyl (C=O) groups is 1. The van der Waals surface area contributed by atoms with E-state index in [0.29, 0.717) is 44.1 Å². The van der Waals surface area contributed by atoms with E-state index in [1.165, 1.54) is 6.07 Å². The molecule has 4 rings (SSSR count).